The number of carbonyl (C=O) groups excluding carboxylic acids is 1. The molecule has 0 radical (unpaired) electrons. The normalized spacial score (nSPS) is 20.3. The van der Waals surface area contributed by atoms with Crippen LogP contribution in [0.1, 0.15) is 51.5 Å². The third kappa shape index (κ3) is 5.79. The van der Waals surface area contributed by atoms with Crippen molar-refractivity contribution in [2.24, 2.45) is 11.7 Å². The summed E-state index contributed by atoms with van der Waals surface area (Å²) < 4.78 is 11.4. The standard InChI is InChI=1S/C19H29ClN2O3/c1-3-8-25-18-16(20)9-13(10-17(18)24-4-2)12-22-15-7-5-6-14(11-15)19(21)23/h9-10,14-15,22H,3-8,11-12H2,1-2H3,(H2,21,23). The fourth-order valence-electron chi connectivity index (χ4n) is 3.23. The fraction of sp³-hybridized carbons (Fsp3) is 0.632. The lowest BCUT2D eigenvalue weighted by Crippen LogP contribution is -2.38. The van der Waals surface area contributed by atoms with E-state index in [1.54, 1.807) is 0 Å². The minimum Gasteiger partial charge on any atom is -0.490 e. The maximum Gasteiger partial charge on any atom is 0.220 e. The molecule has 2 unspecified atom stereocenters. The summed E-state index contributed by atoms with van der Waals surface area (Å²) in [5.41, 5.74) is 6.49. The van der Waals surface area contributed by atoms with E-state index in [-0.39, 0.29) is 11.8 Å². The molecule has 140 valence electrons. The Morgan fingerprint density at radius 1 is 1.32 bits per heavy atom. The van der Waals surface area contributed by atoms with Crippen LogP contribution in [-0.4, -0.2) is 25.2 Å². The second-order valence-corrected chi connectivity index (χ2v) is 6.94. The summed E-state index contributed by atoms with van der Waals surface area (Å²) in [7, 11) is 0. The van der Waals surface area contributed by atoms with Crippen molar-refractivity contribution < 1.29 is 14.3 Å². The lowest BCUT2D eigenvalue weighted by atomic mass is 9.85. The van der Waals surface area contributed by atoms with Crippen molar-refractivity contribution in [1.82, 2.24) is 5.32 Å². The van der Waals surface area contributed by atoms with Gasteiger partial charge < -0.3 is 20.5 Å². The summed E-state index contributed by atoms with van der Waals surface area (Å²) >= 11 is 6.40. The molecule has 1 aromatic rings. The summed E-state index contributed by atoms with van der Waals surface area (Å²) in [5, 5.41) is 4.08. The van der Waals surface area contributed by atoms with Gasteiger partial charge in [0.05, 0.1) is 18.2 Å². The monoisotopic (exact) mass is 368 g/mol. The molecule has 0 spiro atoms. The van der Waals surface area contributed by atoms with E-state index in [9.17, 15) is 4.79 Å². The Hall–Kier alpha value is -1.46. The summed E-state index contributed by atoms with van der Waals surface area (Å²) in [6.45, 7) is 5.82. The molecule has 0 aliphatic heterocycles. The number of benzene rings is 1. The van der Waals surface area contributed by atoms with Crippen LogP contribution in [-0.2, 0) is 11.3 Å². The highest BCUT2D eigenvalue weighted by Crippen LogP contribution is 2.37. The van der Waals surface area contributed by atoms with Crippen LogP contribution in [0.5, 0.6) is 11.5 Å². The highest BCUT2D eigenvalue weighted by Gasteiger charge is 2.25. The number of ether oxygens (including phenoxy) is 2. The summed E-state index contributed by atoms with van der Waals surface area (Å²) in [5.74, 6) is 1.09. The highest BCUT2D eigenvalue weighted by molar-refractivity contribution is 6.32. The van der Waals surface area contributed by atoms with E-state index < -0.39 is 0 Å². The molecule has 0 aromatic heterocycles. The molecule has 1 amide bonds. The molecule has 1 aromatic carbocycles. The SMILES string of the molecule is CCCOc1c(Cl)cc(CNC2CCCC(C(N)=O)C2)cc1OCC. The van der Waals surface area contributed by atoms with Crippen LogP contribution in [0.3, 0.4) is 0 Å². The molecular weight excluding hydrogens is 340 g/mol. The van der Waals surface area contributed by atoms with Gasteiger partial charge in [-0.15, -0.1) is 0 Å². The average Bonchev–Trinajstić information content (AvgIpc) is 2.60. The van der Waals surface area contributed by atoms with Crippen molar-refractivity contribution in [3.8, 4) is 11.5 Å². The maximum atomic E-state index is 11.4. The van der Waals surface area contributed by atoms with Crippen molar-refractivity contribution in [2.75, 3.05) is 13.2 Å². The van der Waals surface area contributed by atoms with E-state index in [1.165, 1.54) is 0 Å². The zero-order valence-corrected chi connectivity index (χ0v) is 15.9. The van der Waals surface area contributed by atoms with Gasteiger partial charge in [0.25, 0.3) is 0 Å². The molecule has 1 saturated carbocycles. The Kier molecular flexibility index (Phi) is 7.85. The summed E-state index contributed by atoms with van der Waals surface area (Å²) in [4.78, 5) is 11.4. The molecule has 3 N–H and O–H groups in total. The second kappa shape index (κ2) is 9.88. The van der Waals surface area contributed by atoms with Gasteiger partial charge in [0.15, 0.2) is 11.5 Å². The van der Waals surface area contributed by atoms with E-state index in [1.807, 2.05) is 19.1 Å². The molecule has 25 heavy (non-hydrogen) atoms. The quantitative estimate of drug-likeness (QED) is 0.697. The van der Waals surface area contributed by atoms with Gasteiger partial charge in [-0.2, -0.15) is 0 Å². The molecule has 5 nitrogen and oxygen atoms in total. The molecule has 1 aliphatic rings. The number of hydrogen-bond acceptors (Lipinski definition) is 4. The third-order valence-corrected chi connectivity index (χ3v) is 4.77. The zero-order valence-electron chi connectivity index (χ0n) is 15.1. The summed E-state index contributed by atoms with van der Waals surface area (Å²) in [6, 6.07) is 4.19. The van der Waals surface area contributed by atoms with E-state index >= 15 is 0 Å². The molecule has 1 fully saturated rings. The Bertz CT molecular complexity index is 580. The second-order valence-electron chi connectivity index (χ2n) is 6.53. The minimum atomic E-state index is -0.189. The molecule has 6 heteroatoms. The number of nitrogens with one attached hydrogen (secondary N) is 1. The first-order valence-corrected chi connectivity index (χ1v) is 9.53. The topological polar surface area (TPSA) is 73.6 Å². The number of halogens is 1. The van der Waals surface area contributed by atoms with Crippen molar-refractivity contribution in [2.45, 2.75) is 58.5 Å². The van der Waals surface area contributed by atoms with E-state index in [0.29, 0.717) is 42.3 Å². The number of rotatable bonds is 9. The zero-order chi connectivity index (χ0) is 18.2. The van der Waals surface area contributed by atoms with Crippen LogP contribution >= 0.6 is 11.6 Å². The van der Waals surface area contributed by atoms with Crippen LogP contribution in [0, 0.1) is 5.92 Å². The molecule has 2 atom stereocenters. The minimum absolute atomic E-state index is 0.0151. The summed E-state index contributed by atoms with van der Waals surface area (Å²) in [6.07, 6.45) is 4.71. The molecule has 0 saturated heterocycles. The van der Waals surface area contributed by atoms with Gasteiger partial charge in [0.2, 0.25) is 5.91 Å². The van der Waals surface area contributed by atoms with Gasteiger partial charge in [-0.3, -0.25) is 4.79 Å². The van der Waals surface area contributed by atoms with Crippen LogP contribution in [0.2, 0.25) is 5.02 Å². The number of carbonyl (C=O) groups is 1. The average molecular weight is 369 g/mol. The van der Waals surface area contributed by atoms with Crippen molar-refractivity contribution in [3.63, 3.8) is 0 Å². The molecular formula is C19H29ClN2O3. The lowest BCUT2D eigenvalue weighted by molar-refractivity contribution is -0.122. The van der Waals surface area contributed by atoms with Gasteiger partial charge >= 0.3 is 0 Å². The largest absolute Gasteiger partial charge is 0.490 e. The third-order valence-electron chi connectivity index (χ3n) is 4.49. The van der Waals surface area contributed by atoms with E-state index in [4.69, 9.17) is 26.8 Å². The maximum absolute atomic E-state index is 11.4. The molecule has 0 heterocycles. The van der Waals surface area contributed by atoms with Crippen LogP contribution < -0.4 is 20.5 Å². The smallest absolute Gasteiger partial charge is 0.220 e. The molecule has 2 rings (SSSR count). The van der Waals surface area contributed by atoms with Crippen LogP contribution in [0.15, 0.2) is 12.1 Å². The Morgan fingerprint density at radius 2 is 2.12 bits per heavy atom. The first kappa shape index (κ1) is 19.9. The molecule has 1 aliphatic carbocycles. The van der Waals surface area contributed by atoms with Gasteiger partial charge in [-0.1, -0.05) is 24.9 Å². The van der Waals surface area contributed by atoms with Gasteiger partial charge in [-0.25, -0.2) is 0 Å². The predicted molar refractivity (Wildman–Crippen MR) is 100 cm³/mol. The predicted octanol–water partition coefficient (Wildman–Crippen LogP) is 3.66. The number of primary amides is 1. The first-order valence-electron chi connectivity index (χ1n) is 9.15. The Morgan fingerprint density at radius 3 is 2.80 bits per heavy atom. The number of amides is 1. The Labute approximate surface area is 155 Å². The van der Waals surface area contributed by atoms with Crippen molar-refractivity contribution in [3.05, 3.63) is 22.7 Å². The van der Waals surface area contributed by atoms with Crippen molar-refractivity contribution >= 4 is 17.5 Å². The van der Waals surface area contributed by atoms with E-state index in [0.717, 1.165) is 37.7 Å². The number of nitrogens with two attached hydrogens (primary N) is 1. The first-order chi connectivity index (χ1) is 12.0. The Balaban J connectivity index is 2.02. The lowest BCUT2D eigenvalue weighted by Gasteiger charge is -2.28. The van der Waals surface area contributed by atoms with Gasteiger partial charge in [0.1, 0.15) is 0 Å². The van der Waals surface area contributed by atoms with Crippen LogP contribution in [0.4, 0.5) is 0 Å². The van der Waals surface area contributed by atoms with Crippen LogP contribution in [0.25, 0.3) is 0 Å². The van der Waals surface area contributed by atoms with E-state index in [2.05, 4.69) is 12.2 Å². The highest BCUT2D eigenvalue weighted by atomic mass is 35.5. The number of hydrogen-bond donors (Lipinski definition) is 2. The fourth-order valence-corrected chi connectivity index (χ4v) is 3.51. The van der Waals surface area contributed by atoms with Gasteiger partial charge in [-0.05, 0) is 50.3 Å². The van der Waals surface area contributed by atoms with Gasteiger partial charge in [0, 0.05) is 18.5 Å². The molecule has 0 bridgehead atoms. The van der Waals surface area contributed by atoms with Crippen molar-refractivity contribution in [1.29, 1.82) is 0 Å².